The summed E-state index contributed by atoms with van der Waals surface area (Å²) in [6, 6.07) is 5.06. The Morgan fingerprint density at radius 1 is 1.39 bits per heavy atom. The van der Waals surface area contributed by atoms with Crippen LogP contribution in [0.3, 0.4) is 0 Å². The summed E-state index contributed by atoms with van der Waals surface area (Å²) < 4.78 is 28.0. The summed E-state index contributed by atoms with van der Waals surface area (Å²) in [6.45, 7) is 1.00. The third kappa shape index (κ3) is 3.18. The highest BCUT2D eigenvalue weighted by Crippen LogP contribution is 2.19. The fourth-order valence-electron chi connectivity index (χ4n) is 1.95. The van der Waals surface area contributed by atoms with E-state index in [1.165, 1.54) is 10.5 Å². The number of aliphatic hydroxyl groups is 1. The number of hydrogen-bond donors (Lipinski definition) is 2. The Bertz CT molecular complexity index is 470. The molecule has 1 aromatic rings. The molecule has 100 valence electrons. The van der Waals surface area contributed by atoms with E-state index in [1.54, 1.807) is 18.2 Å². The van der Waals surface area contributed by atoms with E-state index in [4.69, 9.17) is 5.11 Å². The number of aromatic nitrogens is 1. The van der Waals surface area contributed by atoms with Crippen LogP contribution in [0.1, 0.15) is 12.8 Å². The first-order valence-corrected chi connectivity index (χ1v) is 7.35. The lowest BCUT2D eigenvalue weighted by atomic mass is 10.00. The smallest absolute Gasteiger partial charge is 0.302 e. The highest BCUT2D eigenvalue weighted by molar-refractivity contribution is 7.90. The van der Waals surface area contributed by atoms with E-state index in [9.17, 15) is 8.42 Å². The molecule has 1 aliphatic rings. The van der Waals surface area contributed by atoms with Gasteiger partial charge in [0.25, 0.3) is 0 Å². The summed E-state index contributed by atoms with van der Waals surface area (Å²) in [7, 11) is -3.53. The van der Waals surface area contributed by atoms with E-state index in [2.05, 4.69) is 9.71 Å². The first-order valence-electron chi connectivity index (χ1n) is 5.91. The molecule has 1 fully saturated rings. The van der Waals surface area contributed by atoms with E-state index in [0.29, 0.717) is 31.7 Å². The van der Waals surface area contributed by atoms with Crippen molar-refractivity contribution >= 4 is 16.0 Å². The number of anilines is 1. The van der Waals surface area contributed by atoms with Gasteiger partial charge >= 0.3 is 10.2 Å². The van der Waals surface area contributed by atoms with Gasteiger partial charge in [0.05, 0.1) is 0 Å². The van der Waals surface area contributed by atoms with Crippen LogP contribution >= 0.6 is 0 Å². The van der Waals surface area contributed by atoms with E-state index in [-0.39, 0.29) is 12.5 Å². The Balaban J connectivity index is 2.00. The summed E-state index contributed by atoms with van der Waals surface area (Å²) in [4.78, 5) is 3.93. The second-order valence-corrected chi connectivity index (χ2v) is 6.02. The van der Waals surface area contributed by atoms with Crippen LogP contribution in [0.2, 0.25) is 0 Å². The molecule has 0 radical (unpaired) electrons. The van der Waals surface area contributed by atoms with Gasteiger partial charge in [-0.1, -0.05) is 6.07 Å². The van der Waals surface area contributed by atoms with Crippen molar-refractivity contribution in [2.45, 2.75) is 12.8 Å². The lowest BCUT2D eigenvalue weighted by molar-refractivity contribution is 0.170. The molecule has 0 aliphatic carbocycles. The molecule has 1 saturated heterocycles. The van der Waals surface area contributed by atoms with E-state index >= 15 is 0 Å². The maximum Gasteiger partial charge on any atom is 0.302 e. The Kier molecular flexibility index (Phi) is 4.15. The standard InChI is InChI=1S/C11H17N3O3S/c15-9-10-4-7-14(8-5-10)18(16,17)13-11-3-1-2-6-12-11/h1-3,6,10,15H,4-5,7-9H2,(H,12,13). The number of aliphatic hydroxyl groups excluding tert-OH is 1. The summed E-state index contributed by atoms with van der Waals surface area (Å²) in [5.41, 5.74) is 0. The van der Waals surface area contributed by atoms with Crippen molar-refractivity contribution in [3.8, 4) is 0 Å². The Morgan fingerprint density at radius 3 is 2.67 bits per heavy atom. The fraction of sp³-hybridized carbons (Fsp3) is 0.545. The number of pyridine rings is 1. The minimum atomic E-state index is -3.53. The molecule has 2 heterocycles. The monoisotopic (exact) mass is 271 g/mol. The molecule has 0 spiro atoms. The predicted octanol–water partition coefficient (Wildman–Crippen LogP) is 0.443. The highest BCUT2D eigenvalue weighted by atomic mass is 32.2. The van der Waals surface area contributed by atoms with E-state index in [0.717, 1.165) is 0 Å². The van der Waals surface area contributed by atoms with Gasteiger partial charge in [-0.3, -0.25) is 4.72 Å². The highest BCUT2D eigenvalue weighted by Gasteiger charge is 2.27. The van der Waals surface area contributed by atoms with Crippen molar-refractivity contribution in [2.75, 3.05) is 24.4 Å². The summed E-state index contributed by atoms with van der Waals surface area (Å²) in [5.74, 6) is 0.535. The number of hydrogen-bond acceptors (Lipinski definition) is 4. The summed E-state index contributed by atoms with van der Waals surface area (Å²) in [6.07, 6.45) is 2.93. The average Bonchev–Trinajstić information content (AvgIpc) is 2.39. The van der Waals surface area contributed by atoms with Gasteiger partial charge < -0.3 is 5.11 Å². The SMILES string of the molecule is O=S(=O)(Nc1ccccn1)N1CCC(CO)CC1. The van der Waals surface area contributed by atoms with Crippen LogP contribution in [0.5, 0.6) is 0 Å². The number of nitrogens with zero attached hydrogens (tertiary/aromatic N) is 2. The van der Waals surface area contributed by atoms with Crippen molar-refractivity contribution in [1.82, 2.24) is 9.29 Å². The van der Waals surface area contributed by atoms with Crippen LogP contribution in [0.4, 0.5) is 5.82 Å². The third-order valence-corrected chi connectivity index (χ3v) is 4.58. The van der Waals surface area contributed by atoms with Gasteiger partial charge in [0.2, 0.25) is 0 Å². The average molecular weight is 271 g/mol. The number of rotatable bonds is 4. The van der Waals surface area contributed by atoms with Crippen LogP contribution in [-0.4, -0.2) is 42.5 Å². The predicted molar refractivity (Wildman–Crippen MR) is 68.2 cm³/mol. The van der Waals surface area contributed by atoms with Gasteiger partial charge in [-0.05, 0) is 30.9 Å². The van der Waals surface area contributed by atoms with Crippen molar-refractivity contribution in [3.05, 3.63) is 24.4 Å². The molecule has 0 unspecified atom stereocenters. The molecule has 6 nitrogen and oxygen atoms in total. The summed E-state index contributed by atoms with van der Waals surface area (Å²) >= 11 is 0. The fourth-order valence-corrected chi connectivity index (χ4v) is 3.16. The Morgan fingerprint density at radius 2 is 2.11 bits per heavy atom. The second-order valence-electron chi connectivity index (χ2n) is 4.35. The first-order chi connectivity index (χ1) is 8.62. The van der Waals surface area contributed by atoms with E-state index < -0.39 is 10.2 Å². The lowest BCUT2D eigenvalue weighted by Crippen LogP contribution is -2.42. The third-order valence-electron chi connectivity index (χ3n) is 3.07. The molecule has 0 saturated carbocycles. The molecule has 0 amide bonds. The first kappa shape index (κ1) is 13.3. The second kappa shape index (κ2) is 5.64. The van der Waals surface area contributed by atoms with Crippen molar-refractivity contribution in [1.29, 1.82) is 0 Å². The minimum absolute atomic E-state index is 0.127. The molecule has 0 atom stereocenters. The molecule has 2 N–H and O–H groups in total. The van der Waals surface area contributed by atoms with E-state index in [1.807, 2.05) is 0 Å². The van der Waals surface area contributed by atoms with Crippen molar-refractivity contribution < 1.29 is 13.5 Å². The van der Waals surface area contributed by atoms with Gasteiger partial charge in [-0.2, -0.15) is 12.7 Å². The molecule has 7 heteroatoms. The molecule has 1 aliphatic heterocycles. The van der Waals surface area contributed by atoms with Crippen LogP contribution in [0, 0.1) is 5.92 Å². The van der Waals surface area contributed by atoms with Gasteiger partial charge in [-0.15, -0.1) is 0 Å². The number of nitrogens with one attached hydrogen (secondary N) is 1. The van der Waals surface area contributed by atoms with Crippen LogP contribution < -0.4 is 4.72 Å². The van der Waals surface area contributed by atoms with Crippen LogP contribution in [0.15, 0.2) is 24.4 Å². The van der Waals surface area contributed by atoms with Crippen molar-refractivity contribution in [3.63, 3.8) is 0 Å². The molecule has 2 rings (SSSR count). The minimum Gasteiger partial charge on any atom is -0.396 e. The molecule has 18 heavy (non-hydrogen) atoms. The van der Waals surface area contributed by atoms with Gasteiger partial charge in [0, 0.05) is 25.9 Å². The Hall–Kier alpha value is -1.18. The van der Waals surface area contributed by atoms with Gasteiger partial charge in [-0.25, -0.2) is 4.98 Å². The van der Waals surface area contributed by atoms with Gasteiger partial charge in [0.1, 0.15) is 5.82 Å². The molecular formula is C11H17N3O3S. The zero-order valence-electron chi connectivity index (χ0n) is 9.99. The molecule has 0 aromatic carbocycles. The Labute approximate surface area is 107 Å². The molecular weight excluding hydrogens is 254 g/mol. The normalized spacial score (nSPS) is 18.7. The molecule has 0 bridgehead atoms. The molecule has 1 aromatic heterocycles. The van der Waals surface area contributed by atoms with Crippen molar-refractivity contribution in [2.24, 2.45) is 5.92 Å². The maximum atomic E-state index is 12.1. The number of piperidine rings is 1. The van der Waals surface area contributed by atoms with Gasteiger partial charge in [0.15, 0.2) is 0 Å². The lowest BCUT2D eigenvalue weighted by Gasteiger charge is -2.30. The zero-order valence-corrected chi connectivity index (χ0v) is 10.8. The van der Waals surface area contributed by atoms with Crippen LogP contribution in [-0.2, 0) is 10.2 Å². The quantitative estimate of drug-likeness (QED) is 0.832. The topological polar surface area (TPSA) is 82.5 Å². The maximum absolute atomic E-state index is 12.1. The summed E-state index contributed by atoms with van der Waals surface area (Å²) in [5, 5.41) is 9.02. The largest absolute Gasteiger partial charge is 0.396 e. The zero-order chi connectivity index (χ0) is 13.0. The van der Waals surface area contributed by atoms with Crippen LogP contribution in [0.25, 0.3) is 0 Å².